The average molecular weight is 512 g/mol. The summed E-state index contributed by atoms with van der Waals surface area (Å²) >= 11 is 12.2. The third-order valence-electron chi connectivity index (χ3n) is 5.35. The number of nitrogens with zero attached hydrogens (tertiary/aromatic N) is 2. The minimum Gasteiger partial charge on any atom is -0.339 e. The van der Waals surface area contributed by atoms with E-state index in [9.17, 15) is 8.42 Å². The van der Waals surface area contributed by atoms with Crippen molar-refractivity contribution in [3.8, 4) is 0 Å². The lowest BCUT2D eigenvalue weighted by Gasteiger charge is -2.15. The van der Waals surface area contributed by atoms with Crippen LogP contribution in [-0.2, 0) is 22.9 Å². The molecule has 3 N–H and O–H groups in total. The van der Waals surface area contributed by atoms with Crippen molar-refractivity contribution in [2.24, 2.45) is 0 Å². The Hall–Kier alpha value is -3.33. The number of halogens is 2. The van der Waals surface area contributed by atoms with Gasteiger partial charge in [-0.25, -0.2) is 13.4 Å². The average Bonchev–Trinajstić information content (AvgIpc) is 2.81. The molecule has 0 atom stereocenters. The highest BCUT2D eigenvalue weighted by Gasteiger charge is 2.17. The van der Waals surface area contributed by atoms with Crippen LogP contribution in [-0.4, -0.2) is 18.4 Å². The third kappa shape index (κ3) is 4.94. The maximum atomic E-state index is 13.0. The number of nitrogens with one attached hydrogen (secondary N) is 3. The molecule has 0 fully saturated rings. The second-order valence-corrected chi connectivity index (χ2v) is 10.3. The molecule has 5 rings (SSSR count). The molecule has 0 amide bonds. The van der Waals surface area contributed by atoms with E-state index in [0.29, 0.717) is 40.3 Å². The van der Waals surface area contributed by atoms with Crippen molar-refractivity contribution in [3.63, 3.8) is 0 Å². The number of benzene rings is 3. The monoisotopic (exact) mass is 511 g/mol. The van der Waals surface area contributed by atoms with Gasteiger partial charge in [0.25, 0.3) is 10.0 Å². The standard InChI is InChI=1S/C24H19Cl2N5O2S/c25-17-6-9-20(10-7-17)34(32,33)31-22-11-8-19-13-16(22)5-4-15-2-1-3-18(12-15)29-24-27-14-21(26)23(28-19)30-24/h1-3,6-14,31H,4-5H2,(H2,27,28,29,30). The summed E-state index contributed by atoms with van der Waals surface area (Å²) < 4.78 is 28.7. The molecule has 0 saturated heterocycles. The van der Waals surface area contributed by atoms with Crippen molar-refractivity contribution < 1.29 is 8.42 Å². The van der Waals surface area contributed by atoms with E-state index in [1.807, 2.05) is 30.3 Å². The van der Waals surface area contributed by atoms with Crippen molar-refractivity contribution >= 4 is 62.1 Å². The molecule has 0 spiro atoms. The van der Waals surface area contributed by atoms with Crippen LogP contribution in [0.2, 0.25) is 10.0 Å². The van der Waals surface area contributed by atoms with Gasteiger partial charge in [0, 0.05) is 16.4 Å². The lowest BCUT2D eigenvalue weighted by Crippen LogP contribution is -2.14. The normalized spacial score (nSPS) is 12.9. The van der Waals surface area contributed by atoms with E-state index in [4.69, 9.17) is 23.2 Å². The Morgan fingerprint density at radius 3 is 2.50 bits per heavy atom. The van der Waals surface area contributed by atoms with Gasteiger partial charge < -0.3 is 10.6 Å². The zero-order valence-corrected chi connectivity index (χ0v) is 20.0. The number of rotatable bonds is 3. The van der Waals surface area contributed by atoms with Crippen LogP contribution in [0.25, 0.3) is 0 Å². The maximum Gasteiger partial charge on any atom is 0.261 e. The molecule has 4 aromatic rings. The fourth-order valence-corrected chi connectivity index (χ4v) is 5.02. The minimum atomic E-state index is -3.79. The van der Waals surface area contributed by atoms with Gasteiger partial charge in [0.15, 0.2) is 5.82 Å². The van der Waals surface area contributed by atoms with Crippen molar-refractivity contribution in [1.82, 2.24) is 9.97 Å². The molecule has 1 aromatic heterocycles. The Kier molecular flexibility index (Phi) is 6.03. The quantitative estimate of drug-likeness (QED) is 0.304. The molecular weight excluding hydrogens is 493 g/mol. The van der Waals surface area contributed by atoms with Crippen LogP contribution in [0, 0.1) is 0 Å². The summed E-state index contributed by atoms with van der Waals surface area (Å²) in [5.41, 5.74) is 3.98. The summed E-state index contributed by atoms with van der Waals surface area (Å²) in [6.45, 7) is 0. The largest absolute Gasteiger partial charge is 0.339 e. The Morgan fingerprint density at radius 1 is 0.882 bits per heavy atom. The molecule has 172 valence electrons. The van der Waals surface area contributed by atoms with E-state index in [-0.39, 0.29) is 4.90 Å². The Bertz CT molecular complexity index is 1480. The first kappa shape index (κ1) is 22.5. The van der Waals surface area contributed by atoms with E-state index in [1.165, 1.54) is 18.3 Å². The molecule has 3 aromatic carbocycles. The first-order valence-electron chi connectivity index (χ1n) is 10.4. The zero-order valence-electron chi connectivity index (χ0n) is 17.7. The van der Waals surface area contributed by atoms with Gasteiger partial charge in [-0.15, -0.1) is 0 Å². The number of hydrogen-bond acceptors (Lipinski definition) is 6. The van der Waals surface area contributed by atoms with E-state index >= 15 is 0 Å². The number of aryl methyl sites for hydroxylation is 2. The van der Waals surface area contributed by atoms with E-state index < -0.39 is 10.0 Å². The number of anilines is 5. The summed E-state index contributed by atoms with van der Waals surface area (Å²) in [4.78, 5) is 8.87. The lowest BCUT2D eigenvalue weighted by molar-refractivity contribution is 0.601. The molecule has 0 aliphatic carbocycles. The van der Waals surface area contributed by atoms with Crippen molar-refractivity contribution in [1.29, 1.82) is 0 Å². The summed E-state index contributed by atoms with van der Waals surface area (Å²) in [6.07, 6.45) is 2.83. The summed E-state index contributed by atoms with van der Waals surface area (Å²) in [6, 6.07) is 19.4. The fourth-order valence-electron chi connectivity index (χ4n) is 3.66. The van der Waals surface area contributed by atoms with Crippen LogP contribution in [0.4, 0.5) is 28.8 Å². The van der Waals surface area contributed by atoms with Crippen LogP contribution < -0.4 is 15.4 Å². The number of fused-ring (bicyclic) bond motifs is 6. The summed E-state index contributed by atoms with van der Waals surface area (Å²) in [5, 5.41) is 7.24. The van der Waals surface area contributed by atoms with Crippen molar-refractivity contribution in [2.75, 3.05) is 15.4 Å². The second-order valence-electron chi connectivity index (χ2n) is 7.77. The molecule has 1 aliphatic rings. The first-order valence-corrected chi connectivity index (χ1v) is 12.7. The number of hydrogen-bond donors (Lipinski definition) is 3. The topological polar surface area (TPSA) is 96.0 Å². The third-order valence-corrected chi connectivity index (χ3v) is 7.26. The van der Waals surface area contributed by atoms with Gasteiger partial charge in [-0.05, 0) is 78.6 Å². The molecule has 34 heavy (non-hydrogen) atoms. The van der Waals surface area contributed by atoms with Crippen LogP contribution in [0.1, 0.15) is 11.1 Å². The van der Waals surface area contributed by atoms with Gasteiger partial charge in [0.2, 0.25) is 5.95 Å². The summed E-state index contributed by atoms with van der Waals surface area (Å²) in [7, 11) is -3.79. The second kappa shape index (κ2) is 9.13. The van der Waals surface area contributed by atoms with Crippen molar-refractivity contribution in [3.05, 3.63) is 94.1 Å². The highest BCUT2D eigenvalue weighted by atomic mass is 35.5. The van der Waals surface area contributed by atoms with Crippen molar-refractivity contribution in [2.45, 2.75) is 17.7 Å². The maximum absolute atomic E-state index is 13.0. The molecule has 2 heterocycles. The first-order chi connectivity index (χ1) is 16.4. The van der Waals surface area contributed by atoms with E-state index in [1.54, 1.807) is 24.3 Å². The molecule has 6 bridgehead atoms. The summed E-state index contributed by atoms with van der Waals surface area (Å²) in [5.74, 6) is 0.853. The number of sulfonamides is 1. The van der Waals surface area contributed by atoms with Crippen LogP contribution in [0.15, 0.2) is 77.8 Å². The molecule has 1 aliphatic heterocycles. The number of aromatic nitrogens is 2. The highest BCUT2D eigenvalue weighted by Crippen LogP contribution is 2.30. The Balaban J connectivity index is 1.55. The van der Waals surface area contributed by atoms with Gasteiger partial charge in [0.05, 0.1) is 16.8 Å². The Labute approximate surface area is 207 Å². The van der Waals surface area contributed by atoms with Crippen LogP contribution in [0.5, 0.6) is 0 Å². The molecule has 7 nitrogen and oxygen atoms in total. The predicted octanol–water partition coefficient (Wildman–Crippen LogP) is 6.17. The highest BCUT2D eigenvalue weighted by molar-refractivity contribution is 7.92. The smallest absolute Gasteiger partial charge is 0.261 e. The molecule has 0 radical (unpaired) electrons. The molecule has 0 saturated carbocycles. The minimum absolute atomic E-state index is 0.134. The van der Waals surface area contributed by atoms with Crippen LogP contribution in [0.3, 0.4) is 0 Å². The lowest BCUT2D eigenvalue weighted by atomic mass is 10.0. The Morgan fingerprint density at radius 2 is 1.68 bits per heavy atom. The SMILES string of the molecule is O=S(=O)(Nc1ccc2cc1CCc1cccc(c1)Nc1ncc(Cl)c(n1)N2)c1ccc(Cl)cc1. The van der Waals surface area contributed by atoms with E-state index in [2.05, 4.69) is 25.3 Å². The van der Waals surface area contributed by atoms with Gasteiger partial charge in [0.1, 0.15) is 5.02 Å². The van der Waals surface area contributed by atoms with E-state index in [0.717, 1.165) is 22.5 Å². The van der Waals surface area contributed by atoms with Gasteiger partial charge in [-0.3, -0.25) is 4.72 Å². The predicted molar refractivity (Wildman–Crippen MR) is 136 cm³/mol. The van der Waals surface area contributed by atoms with Gasteiger partial charge in [-0.2, -0.15) is 4.98 Å². The molecular formula is C24H19Cl2N5O2S. The fraction of sp³-hybridized carbons (Fsp3) is 0.0833. The van der Waals surface area contributed by atoms with Gasteiger partial charge >= 0.3 is 0 Å². The van der Waals surface area contributed by atoms with Crippen LogP contribution >= 0.6 is 23.2 Å². The zero-order chi connectivity index (χ0) is 23.7. The van der Waals surface area contributed by atoms with Gasteiger partial charge in [-0.1, -0.05) is 35.3 Å². The molecule has 10 heteroatoms. The molecule has 0 unspecified atom stereocenters.